The van der Waals surface area contributed by atoms with E-state index in [4.69, 9.17) is 4.74 Å². The van der Waals surface area contributed by atoms with Crippen molar-refractivity contribution in [2.24, 2.45) is 0 Å². The Hall–Kier alpha value is 0.01000. The summed E-state index contributed by atoms with van der Waals surface area (Å²) in [5.41, 5.74) is 0. The molecule has 0 amide bonds. The molecule has 0 unspecified atom stereocenters. The second-order valence-corrected chi connectivity index (χ2v) is 2.39. The Labute approximate surface area is 79.8 Å². The molecule has 0 radical (unpaired) electrons. The molecule has 3 heteroatoms. The first-order valence-corrected chi connectivity index (χ1v) is 4.41. The van der Waals surface area contributed by atoms with Crippen LogP contribution < -0.4 is 0 Å². The third-order valence-corrected chi connectivity index (χ3v) is 1.46. The van der Waals surface area contributed by atoms with Crippen LogP contribution in [0, 0.1) is 0 Å². The highest BCUT2D eigenvalue weighted by atomic mass is 32.1. The summed E-state index contributed by atoms with van der Waals surface area (Å²) in [6.07, 6.45) is 0. The first kappa shape index (κ1) is 13.6. The smallest absolute Gasteiger partial charge is 0.0437 e. The topological polar surface area (TPSA) is 9.23 Å². The number of rotatable bonds is 2. The summed E-state index contributed by atoms with van der Waals surface area (Å²) < 4.78 is 4.83. The molecule has 0 atom stereocenters. The van der Waals surface area contributed by atoms with Gasteiger partial charge in [-0.3, -0.25) is 0 Å². The van der Waals surface area contributed by atoms with Gasteiger partial charge in [-0.05, 0) is 24.6 Å². The summed E-state index contributed by atoms with van der Waals surface area (Å²) in [6, 6.07) is 4.04. The van der Waals surface area contributed by atoms with E-state index in [1.54, 1.807) is 11.3 Å². The van der Waals surface area contributed by atoms with Gasteiger partial charge in [0.05, 0.1) is 0 Å². The molecule has 0 fully saturated rings. The summed E-state index contributed by atoms with van der Waals surface area (Å²) in [7, 11) is 0. The van der Waals surface area contributed by atoms with Crippen molar-refractivity contribution in [3.63, 3.8) is 0 Å². The molecule has 1 heterocycles. The van der Waals surface area contributed by atoms with E-state index in [9.17, 15) is 0 Å². The van der Waals surface area contributed by atoms with Gasteiger partial charge in [-0.1, -0.05) is 12.1 Å². The van der Waals surface area contributed by atoms with E-state index in [1.807, 2.05) is 36.7 Å². The maximum Gasteiger partial charge on any atom is 0.0437 e. The molecule has 0 spiro atoms. The largest absolute Gasteiger partial charge is 0.382 e. The van der Waals surface area contributed by atoms with Crippen LogP contribution in [0.4, 0.5) is 0 Å². The lowest BCUT2D eigenvalue weighted by molar-refractivity contribution is 0.162. The van der Waals surface area contributed by atoms with E-state index < -0.39 is 0 Å². The molecular formula is C8H16OS2. The quantitative estimate of drug-likeness (QED) is 0.700. The van der Waals surface area contributed by atoms with Crippen LogP contribution in [-0.4, -0.2) is 13.2 Å². The fraction of sp³-hybridized carbons (Fsp3) is 0.500. The van der Waals surface area contributed by atoms with Gasteiger partial charge >= 0.3 is 0 Å². The number of hydrogen-bond donors (Lipinski definition) is 0. The van der Waals surface area contributed by atoms with E-state index in [0.717, 1.165) is 13.2 Å². The van der Waals surface area contributed by atoms with Crippen LogP contribution in [-0.2, 0) is 4.74 Å². The van der Waals surface area contributed by atoms with Crippen LogP contribution in [0.1, 0.15) is 13.8 Å². The Morgan fingerprint density at radius 2 is 1.55 bits per heavy atom. The average molecular weight is 192 g/mol. The Morgan fingerprint density at radius 1 is 1.09 bits per heavy atom. The first-order valence-electron chi connectivity index (χ1n) is 3.46. The molecule has 0 bridgehead atoms. The third-order valence-electron chi connectivity index (χ3n) is 0.834. The van der Waals surface area contributed by atoms with Gasteiger partial charge in [-0.25, -0.2) is 0 Å². The summed E-state index contributed by atoms with van der Waals surface area (Å²) in [4.78, 5) is 0. The first-order chi connectivity index (χ1) is 4.91. The van der Waals surface area contributed by atoms with E-state index in [0.29, 0.717) is 0 Å². The van der Waals surface area contributed by atoms with Crippen LogP contribution in [0.25, 0.3) is 0 Å². The fourth-order valence-corrected chi connectivity index (χ4v) is 0.885. The molecule has 1 nitrogen and oxygen atoms in total. The molecule has 0 aliphatic rings. The molecule has 0 aromatic carbocycles. The summed E-state index contributed by atoms with van der Waals surface area (Å²) >= 11 is 1.71. The second kappa shape index (κ2) is 12.7. The Balaban J connectivity index is 0. The van der Waals surface area contributed by atoms with Crippen molar-refractivity contribution < 1.29 is 4.74 Å². The van der Waals surface area contributed by atoms with Crippen LogP contribution in [0.2, 0.25) is 0 Å². The van der Waals surface area contributed by atoms with E-state index in [-0.39, 0.29) is 13.5 Å². The van der Waals surface area contributed by atoms with Crippen LogP contribution in [0.5, 0.6) is 0 Å². The Kier molecular flexibility index (Phi) is 15.6. The van der Waals surface area contributed by atoms with Gasteiger partial charge in [0.25, 0.3) is 0 Å². The highest BCUT2D eigenvalue weighted by Crippen LogP contribution is 1.91. The van der Waals surface area contributed by atoms with E-state index in [2.05, 4.69) is 0 Å². The molecule has 1 aromatic heterocycles. The summed E-state index contributed by atoms with van der Waals surface area (Å²) in [6.45, 7) is 5.67. The molecule has 1 aromatic rings. The normalized spacial score (nSPS) is 7.45. The van der Waals surface area contributed by atoms with Crippen LogP contribution in [0.3, 0.4) is 0 Å². The third kappa shape index (κ3) is 13.1. The van der Waals surface area contributed by atoms with Crippen LogP contribution in [0.15, 0.2) is 22.9 Å². The molecule has 0 aliphatic carbocycles. The predicted octanol–water partition coefficient (Wildman–Crippen LogP) is 2.90. The monoisotopic (exact) mass is 192 g/mol. The van der Waals surface area contributed by atoms with Gasteiger partial charge in [-0.2, -0.15) is 24.8 Å². The average Bonchev–Trinajstić information content (AvgIpc) is 2.44. The van der Waals surface area contributed by atoms with Gasteiger partial charge in [0.15, 0.2) is 0 Å². The number of hydrogen-bond acceptors (Lipinski definition) is 2. The summed E-state index contributed by atoms with van der Waals surface area (Å²) in [5, 5.41) is 4.08. The minimum Gasteiger partial charge on any atom is -0.382 e. The molecule has 0 N–H and O–H groups in total. The second-order valence-electron chi connectivity index (χ2n) is 1.57. The van der Waals surface area contributed by atoms with Crippen molar-refractivity contribution in [1.82, 2.24) is 0 Å². The molecule has 66 valence electrons. The number of thiophene rings is 1. The van der Waals surface area contributed by atoms with Crippen molar-refractivity contribution >= 4 is 24.8 Å². The van der Waals surface area contributed by atoms with Crippen molar-refractivity contribution in [2.75, 3.05) is 13.2 Å². The van der Waals surface area contributed by atoms with Crippen molar-refractivity contribution in [3.8, 4) is 0 Å². The highest BCUT2D eigenvalue weighted by molar-refractivity contribution is 7.59. The highest BCUT2D eigenvalue weighted by Gasteiger charge is 1.64. The minimum absolute atomic E-state index is 0. The fourth-order valence-electron chi connectivity index (χ4n) is 0.431. The zero-order chi connectivity index (χ0) is 7.66. The zero-order valence-electron chi connectivity index (χ0n) is 7.04. The van der Waals surface area contributed by atoms with E-state index in [1.165, 1.54) is 0 Å². The number of ether oxygens (including phenoxy) is 1. The molecular weight excluding hydrogens is 176 g/mol. The summed E-state index contributed by atoms with van der Waals surface area (Å²) in [5.74, 6) is 0. The standard InChI is InChI=1S/C4H10O.C4H4S.H2S/c1-3-5-4-2;1-2-4-5-3-1;/h3-4H2,1-2H3;1-4H;1H2. The zero-order valence-corrected chi connectivity index (χ0v) is 8.86. The maximum absolute atomic E-state index is 4.83. The van der Waals surface area contributed by atoms with E-state index >= 15 is 0 Å². The molecule has 0 saturated carbocycles. The molecule has 0 aliphatic heterocycles. The van der Waals surface area contributed by atoms with Crippen molar-refractivity contribution in [2.45, 2.75) is 13.8 Å². The lowest BCUT2D eigenvalue weighted by Gasteiger charge is -1.86. The lowest BCUT2D eigenvalue weighted by Crippen LogP contribution is -1.84. The van der Waals surface area contributed by atoms with Crippen molar-refractivity contribution in [1.29, 1.82) is 0 Å². The minimum atomic E-state index is 0. The van der Waals surface area contributed by atoms with Crippen molar-refractivity contribution in [3.05, 3.63) is 22.9 Å². The Morgan fingerprint density at radius 3 is 1.64 bits per heavy atom. The Bertz CT molecular complexity index is 98.4. The lowest BCUT2D eigenvalue weighted by atomic mass is 10.7. The molecule has 0 saturated heterocycles. The van der Waals surface area contributed by atoms with Gasteiger partial charge in [0, 0.05) is 13.2 Å². The van der Waals surface area contributed by atoms with Gasteiger partial charge in [0.1, 0.15) is 0 Å². The van der Waals surface area contributed by atoms with Gasteiger partial charge in [0.2, 0.25) is 0 Å². The molecule has 1 rings (SSSR count). The van der Waals surface area contributed by atoms with Gasteiger partial charge < -0.3 is 4.74 Å². The molecule has 11 heavy (non-hydrogen) atoms. The maximum atomic E-state index is 4.83. The predicted molar refractivity (Wildman–Crippen MR) is 56.9 cm³/mol. The SMILES string of the molecule is CCOCC.S.c1ccsc1. The van der Waals surface area contributed by atoms with Crippen LogP contribution >= 0.6 is 24.8 Å². The van der Waals surface area contributed by atoms with Gasteiger partial charge in [-0.15, -0.1) is 0 Å².